The molecule has 1 aromatic carbocycles. The van der Waals surface area contributed by atoms with Gasteiger partial charge in [-0.05, 0) is 36.2 Å². The second-order valence-corrected chi connectivity index (χ2v) is 4.27. The Bertz CT molecular complexity index is 574. The zero-order valence-electron chi connectivity index (χ0n) is 11.1. The number of ether oxygens (including phenoxy) is 1. The Morgan fingerprint density at radius 3 is 2.62 bits per heavy atom. The summed E-state index contributed by atoms with van der Waals surface area (Å²) in [7, 11) is 0. The summed E-state index contributed by atoms with van der Waals surface area (Å²) in [6.07, 6.45) is 3.69. The molecule has 0 atom stereocenters. The van der Waals surface area contributed by atoms with E-state index < -0.39 is 6.61 Å². The van der Waals surface area contributed by atoms with Gasteiger partial charge in [-0.2, -0.15) is 8.78 Å². The molecule has 2 rings (SSSR count). The first-order valence-electron chi connectivity index (χ1n) is 6.37. The van der Waals surface area contributed by atoms with Crippen LogP contribution < -0.4 is 10.1 Å². The second kappa shape index (κ2) is 7.33. The van der Waals surface area contributed by atoms with E-state index in [0.29, 0.717) is 18.5 Å². The maximum Gasteiger partial charge on any atom is 0.387 e. The van der Waals surface area contributed by atoms with Gasteiger partial charge in [0.2, 0.25) is 0 Å². The first kappa shape index (κ1) is 14.9. The van der Waals surface area contributed by atoms with Gasteiger partial charge in [-0.3, -0.25) is 9.78 Å². The lowest BCUT2D eigenvalue weighted by Gasteiger charge is -2.07. The Morgan fingerprint density at radius 1 is 1.24 bits per heavy atom. The molecule has 0 saturated heterocycles. The van der Waals surface area contributed by atoms with Crippen LogP contribution in [0.15, 0.2) is 48.8 Å². The molecule has 1 heterocycles. The molecule has 0 aliphatic heterocycles. The Balaban J connectivity index is 1.79. The molecule has 0 unspecified atom stereocenters. The van der Waals surface area contributed by atoms with Gasteiger partial charge < -0.3 is 10.1 Å². The first-order valence-corrected chi connectivity index (χ1v) is 6.37. The molecule has 0 bridgehead atoms. The summed E-state index contributed by atoms with van der Waals surface area (Å²) >= 11 is 0. The molecule has 1 aromatic heterocycles. The van der Waals surface area contributed by atoms with Crippen LogP contribution in [0.5, 0.6) is 5.75 Å². The third-order valence-corrected chi connectivity index (χ3v) is 2.77. The van der Waals surface area contributed by atoms with Crippen molar-refractivity contribution in [3.63, 3.8) is 0 Å². The number of hydrogen-bond acceptors (Lipinski definition) is 3. The van der Waals surface area contributed by atoms with Gasteiger partial charge in [0, 0.05) is 18.9 Å². The monoisotopic (exact) mass is 292 g/mol. The minimum absolute atomic E-state index is 0.119. The van der Waals surface area contributed by atoms with Crippen LogP contribution in [0.4, 0.5) is 8.78 Å². The van der Waals surface area contributed by atoms with E-state index in [1.807, 2.05) is 0 Å². The van der Waals surface area contributed by atoms with Crippen molar-refractivity contribution in [2.24, 2.45) is 0 Å². The summed E-state index contributed by atoms with van der Waals surface area (Å²) in [4.78, 5) is 15.6. The largest absolute Gasteiger partial charge is 0.435 e. The summed E-state index contributed by atoms with van der Waals surface area (Å²) in [5, 5.41) is 2.76. The lowest BCUT2D eigenvalue weighted by molar-refractivity contribution is -0.0498. The summed E-state index contributed by atoms with van der Waals surface area (Å²) in [5.74, 6) is -0.0751. The highest BCUT2D eigenvalue weighted by Crippen LogP contribution is 2.14. The fourth-order valence-electron chi connectivity index (χ4n) is 1.76. The lowest BCUT2D eigenvalue weighted by atomic mass is 10.1. The molecule has 1 amide bonds. The molecule has 0 saturated carbocycles. The number of halogens is 2. The van der Waals surface area contributed by atoms with Crippen LogP contribution in [0.25, 0.3) is 0 Å². The normalized spacial score (nSPS) is 10.4. The highest BCUT2D eigenvalue weighted by molar-refractivity contribution is 5.93. The van der Waals surface area contributed by atoms with Crippen LogP contribution in [-0.4, -0.2) is 24.0 Å². The summed E-state index contributed by atoms with van der Waals surface area (Å²) < 4.78 is 28.3. The molecule has 0 radical (unpaired) electrons. The number of nitrogens with zero attached hydrogens (tertiary/aromatic N) is 1. The van der Waals surface area contributed by atoms with Crippen LogP contribution >= 0.6 is 0 Å². The molecule has 0 aliphatic rings. The van der Waals surface area contributed by atoms with Crippen molar-refractivity contribution in [1.29, 1.82) is 0 Å². The number of rotatable bonds is 6. The van der Waals surface area contributed by atoms with Crippen LogP contribution in [0, 0.1) is 0 Å². The van der Waals surface area contributed by atoms with Crippen molar-refractivity contribution in [1.82, 2.24) is 10.3 Å². The molecule has 0 aliphatic carbocycles. The van der Waals surface area contributed by atoms with Gasteiger partial charge in [-0.1, -0.05) is 12.1 Å². The molecule has 2 aromatic rings. The number of aromatic nitrogens is 1. The van der Waals surface area contributed by atoms with Gasteiger partial charge in [-0.25, -0.2) is 0 Å². The quantitative estimate of drug-likeness (QED) is 0.890. The predicted molar refractivity (Wildman–Crippen MR) is 73.3 cm³/mol. The minimum Gasteiger partial charge on any atom is -0.435 e. The first-order chi connectivity index (χ1) is 10.1. The maximum absolute atomic E-state index is 12.0. The highest BCUT2D eigenvalue weighted by atomic mass is 19.3. The summed E-state index contributed by atoms with van der Waals surface area (Å²) in [6.45, 7) is -2.38. The van der Waals surface area contributed by atoms with E-state index in [0.717, 1.165) is 5.56 Å². The highest BCUT2D eigenvalue weighted by Gasteiger charge is 2.05. The fourth-order valence-corrected chi connectivity index (χ4v) is 1.76. The van der Waals surface area contributed by atoms with E-state index in [4.69, 9.17) is 0 Å². The molecule has 0 fully saturated rings. The molecule has 0 spiro atoms. The van der Waals surface area contributed by atoms with Crippen molar-refractivity contribution in [2.45, 2.75) is 13.0 Å². The van der Waals surface area contributed by atoms with Gasteiger partial charge in [0.05, 0.1) is 5.56 Å². The minimum atomic E-state index is -2.82. The molecule has 6 heteroatoms. The standard InChI is InChI=1S/C15H14F2N2O2/c16-15(17)21-13-5-3-11(4-6-13)7-9-19-14(20)12-2-1-8-18-10-12/h1-6,8,10,15H,7,9H2,(H,19,20). The fraction of sp³-hybridized carbons (Fsp3) is 0.200. The number of carbonyl (C=O) groups is 1. The molecule has 4 nitrogen and oxygen atoms in total. The molecule has 21 heavy (non-hydrogen) atoms. The van der Waals surface area contributed by atoms with Gasteiger partial charge in [0.1, 0.15) is 5.75 Å². The van der Waals surface area contributed by atoms with Gasteiger partial charge >= 0.3 is 6.61 Å². The number of carbonyl (C=O) groups excluding carboxylic acids is 1. The van der Waals surface area contributed by atoms with Crippen LogP contribution in [0.3, 0.4) is 0 Å². The average Bonchev–Trinajstić information content (AvgIpc) is 2.49. The second-order valence-electron chi connectivity index (χ2n) is 4.27. The van der Waals surface area contributed by atoms with E-state index in [9.17, 15) is 13.6 Å². The number of pyridine rings is 1. The molecule has 110 valence electrons. The Morgan fingerprint density at radius 2 is 2.00 bits per heavy atom. The number of hydrogen-bond donors (Lipinski definition) is 1. The summed E-state index contributed by atoms with van der Waals surface area (Å²) in [5.41, 5.74) is 1.42. The van der Waals surface area contributed by atoms with Crippen molar-refractivity contribution in [3.8, 4) is 5.75 Å². The van der Waals surface area contributed by atoms with Crippen molar-refractivity contribution in [2.75, 3.05) is 6.54 Å². The zero-order chi connectivity index (χ0) is 15.1. The zero-order valence-corrected chi connectivity index (χ0v) is 11.1. The number of alkyl halides is 2. The number of benzene rings is 1. The Labute approximate surface area is 120 Å². The van der Waals surface area contributed by atoms with Gasteiger partial charge in [-0.15, -0.1) is 0 Å². The predicted octanol–water partition coefficient (Wildman–Crippen LogP) is 2.66. The van der Waals surface area contributed by atoms with Gasteiger partial charge in [0.25, 0.3) is 5.91 Å². The SMILES string of the molecule is O=C(NCCc1ccc(OC(F)F)cc1)c1cccnc1. The Hall–Kier alpha value is -2.50. The molecule has 1 N–H and O–H groups in total. The van der Waals surface area contributed by atoms with Crippen molar-refractivity contribution in [3.05, 3.63) is 59.9 Å². The van der Waals surface area contributed by atoms with E-state index in [-0.39, 0.29) is 11.7 Å². The van der Waals surface area contributed by atoms with Crippen molar-refractivity contribution >= 4 is 5.91 Å². The third-order valence-electron chi connectivity index (χ3n) is 2.77. The van der Waals surface area contributed by atoms with Crippen LogP contribution in [0.2, 0.25) is 0 Å². The van der Waals surface area contributed by atoms with E-state index in [2.05, 4.69) is 15.0 Å². The molecular formula is C15H14F2N2O2. The smallest absolute Gasteiger partial charge is 0.387 e. The van der Waals surface area contributed by atoms with Gasteiger partial charge in [0.15, 0.2) is 0 Å². The molecular weight excluding hydrogens is 278 g/mol. The number of amides is 1. The van der Waals surface area contributed by atoms with E-state index in [1.165, 1.54) is 18.3 Å². The topological polar surface area (TPSA) is 51.2 Å². The third kappa shape index (κ3) is 4.83. The maximum atomic E-state index is 12.0. The van der Waals surface area contributed by atoms with Crippen molar-refractivity contribution < 1.29 is 18.3 Å². The lowest BCUT2D eigenvalue weighted by Crippen LogP contribution is -2.25. The van der Waals surface area contributed by atoms with E-state index >= 15 is 0 Å². The van der Waals surface area contributed by atoms with E-state index in [1.54, 1.807) is 30.5 Å². The Kier molecular flexibility index (Phi) is 5.20. The number of nitrogens with one attached hydrogen (secondary N) is 1. The average molecular weight is 292 g/mol. The summed E-state index contributed by atoms with van der Waals surface area (Å²) in [6, 6.07) is 9.70. The van der Waals surface area contributed by atoms with Crippen LogP contribution in [0.1, 0.15) is 15.9 Å². The van der Waals surface area contributed by atoms with Crippen LogP contribution in [-0.2, 0) is 6.42 Å².